The molecule has 0 heterocycles. The fourth-order valence-electron chi connectivity index (χ4n) is 4.06. The van der Waals surface area contributed by atoms with Crippen LogP contribution in [0.4, 0.5) is 0 Å². The second kappa shape index (κ2) is 6.96. The molecular weight excluding hydrogens is 254 g/mol. The van der Waals surface area contributed by atoms with Crippen LogP contribution in [0.25, 0.3) is 0 Å². The number of rotatable bonds is 6. The lowest BCUT2D eigenvalue weighted by Gasteiger charge is -2.36. The fourth-order valence-corrected chi connectivity index (χ4v) is 4.06. The van der Waals surface area contributed by atoms with Crippen molar-refractivity contribution in [1.29, 1.82) is 0 Å². The van der Waals surface area contributed by atoms with Crippen molar-refractivity contribution in [3.63, 3.8) is 0 Å². The van der Waals surface area contributed by atoms with Gasteiger partial charge in [-0.2, -0.15) is 0 Å². The standard InChI is InChI=1S/C20H31N/c1-3-16-7-8-18(14-21-20-9-10-20)19(12-16)13-17-6-4-5-15(2)11-17/h4-6,11,16,18-21H,3,7-10,12-14H2,1-2H3. The Morgan fingerprint density at radius 1 is 1.10 bits per heavy atom. The first-order chi connectivity index (χ1) is 10.2. The third-order valence-electron chi connectivity index (χ3n) is 5.65. The molecule has 2 aliphatic rings. The quantitative estimate of drug-likeness (QED) is 0.796. The van der Waals surface area contributed by atoms with Crippen molar-refractivity contribution in [2.45, 2.75) is 64.8 Å². The molecule has 3 unspecified atom stereocenters. The third kappa shape index (κ3) is 4.32. The molecule has 3 atom stereocenters. The highest BCUT2D eigenvalue weighted by Gasteiger charge is 2.31. The average Bonchev–Trinajstić information content (AvgIpc) is 3.30. The molecule has 1 nitrogen and oxygen atoms in total. The molecule has 116 valence electrons. The smallest absolute Gasteiger partial charge is 0.00683 e. The van der Waals surface area contributed by atoms with Gasteiger partial charge < -0.3 is 5.32 Å². The first-order valence-electron chi connectivity index (χ1n) is 9.03. The Hall–Kier alpha value is -0.820. The van der Waals surface area contributed by atoms with E-state index < -0.39 is 0 Å². The molecule has 1 heteroatoms. The zero-order valence-electron chi connectivity index (χ0n) is 13.8. The summed E-state index contributed by atoms with van der Waals surface area (Å²) in [7, 11) is 0. The Balaban J connectivity index is 1.63. The van der Waals surface area contributed by atoms with Crippen LogP contribution in [0.3, 0.4) is 0 Å². The number of hydrogen-bond acceptors (Lipinski definition) is 1. The van der Waals surface area contributed by atoms with Crippen molar-refractivity contribution in [3.8, 4) is 0 Å². The maximum absolute atomic E-state index is 3.79. The van der Waals surface area contributed by atoms with Gasteiger partial charge in [-0.15, -0.1) is 0 Å². The van der Waals surface area contributed by atoms with Gasteiger partial charge >= 0.3 is 0 Å². The van der Waals surface area contributed by atoms with E-state index in [0.29, 0.717) is 0 Å². The van der Waals surface area contributed by atoms with Crippen molar-refractivity contribution < 1.29 is 0 Å². The molecule has 0 saturated heterocycles. The lowest BCUT2D eigenvalue weighted by molar-refractivity contribution is 0.171. The topological polar surface area (TPSA) is 12.0 Å². The highest BCUT2D eigenvalue weighted by molar-refractivity contribution is 5.22. The average molecular weight is 285 g/mol. The second-order valence-corrected chi connectivity index (χ2v) is 7.48. The van der Waals surface area contributed by atoms with Crippen LogP contribution in [0.15, 0.2) is 24.3 Å². The van der Waals surface area contributed by atoms with Crippen LogP contribution in [-0.4, -0.2) is 12.6 Å². The van der Waals surface area contributed by atoms with Crippen molar-refractivity contribution in [3.05, 3.63) is 35.4 Å². The zero-order valence-corrected chi connectivity index (χ0v) is 13.8. The van der Waals surface area contributed by atoms with E-state index in [9.17, 15) is 0 Å². The van der Waals surface area contributed by atoms with Gasteiger partial charge in [-0.3, -0.25) is 0 Å². The van der Waals surface area contributed by atoms with Gasteiger partial charge in [0.05, 0.1) is 0 Å². The van der Waals surface area contributed by atoms with Gasteiger partial charge in [-0.25, -0.2) is 0 Å². The summed E-state index contributed by atoms with van der Waals surface area (Å²) in [5.41, 5.74) is 2.95. The molecule has 2 aliphatic carbocycles. The van der Waals surface area contributed by atoms with Gasteiger partial charge in [-0.05, 0) is 68.9 Å². The molecule has 0 spiro atoms. The summed E-state index contributed by atoms with van der Waals surface area (Å²) in [5, 5.41) is 3.79. The van der Waals surface area contributed by atoms with Crippen LogP contribution in [0.5, 0.6) is 0 Å². The van der Waals surface area contributed by atoms with Crippen molar-refractivity contribution >= 4 is 0 Å². The van der Waals surface area contributed by atoms with Crippen LogP contribution in [0.1, 0.15) is 56.6 Å². The third-order valence-corrected chi connectivity index (χ3v) is 5.65. The SMILES string of the molecule is CCC1CCC(CNC2CC2)C(Cc2cccc(C)c2)C1. The van der Waals surface area contributed by atoms with Gasteiger partial charge in [0.15, 0.2) is 0 Å². The van der Waals surface area contributed by atoms with Gasteiger partial charge in [0, 0.05) is 6.04 Å². The van der Waals surface area contributed by atoms with Crippen molar-refractivity contribution in [2.75, 3.05) is 6.54 Å². The minimum Gasteiger partial charge on any atom is -0.314 e. The monoisotopic (exact) mass is 285 g/mol. The van der Waals surface area contributed by atoms with E-state index in [-0.39, 0.29) is 0 Å². The Kier molecular flexibility index (Phi) is 5.00. The van der Waals surface area contributed by atoms with E-state index in [4.69, 9.17) is 0 Å². The molecular formula is C20H31N. The van der Waals surface area contributed by atoms with Gasteiger partial charge in [0.1, 0.15) is 0 Å². The molecule has 3 rings (SSSR count). The van der Waals surface area contributed by atoms with Crippen LogP contribution < -0.4 is 5.32 Å². The van der Waals surface area contributed by atoms with E-state index in [0.717, 1.165) is 23.8 Å². The summed E-state index contributed by atoms with van der Waals surface area (Å²) in [6.45, 7) is 5.85. The molecule has 0 amide bonds. The highest BCUT2D eigenvalue weighted by Crippen LogP contribution is 2.37. The molecule has 1 N–H and O–H groups in total. The predicted octanol–water partition coefficient (Wildman–Crippen LogP) is 4.73. The molecule has 2 fully saturated rings. The summed E-state index contributed by atoms with van der Waals surface area (Å²) in [5.74, 6) is 2.75. The Labute approximate surface area is 130 Å². The van der Waals surface area contributed by atoms with Gasteiger partial charge in [0.25, 0.3) is 0 Å². The molecule has 0 bridgehead atoms. The molecule has 2 saturated carbocycles. The minimum atomic E-state index is 0.855. The fraction of sp³-hybridized carbons (Fsp3) is 0.700. The van der Waals surface area contributed by atoms with Crippen LogP contribution in [0, 0.1) is 24.7 Å². The molecule has 0 aliphatic heterocycles. The second-order valence-electron chi connectivity index (χ2n) is 7.48. The molecule has 1 aromatic carbocycles. The minimum absolute atomic E-state index is 0.855. The Bertz CT molecular complexity index is 449. The Morgan fingerprint density at radius 2 is 1.95 bits per heavy atom. The van der Waals surface area contributed by atoms with E-state index in [1.807, 2.05) is 0 Å². The van der Waals surface area contributed by atoms with Crippen LogP contribution >= 0.6 is 0 Å². The molecule has 0 radical (unpaired) electrons. The summed E-state index contributed by atoms with van der Waals surface area (Å²) in [6, 6.07) is 10.0. The lowest BCUT2D eigenvalue weighted by Crippen LogP contribution is -2.35. The summed E-state index contributed by atoms with van der Waals surface area (Å²) >= 11 is 0. The summed E-state index contributed by atoms with van der Waals surface area (Å²) in [4.78, 5) is 0. The Morgan fingerprint density at radius 3 is 2.67 bits per heavy atom. The zero-order chi connectivity index (χ0) is 14.7. The largest absolute Gasteiger partial charge is 0.314 e. The van der Waals surface area contributed by atoms with E-state index in [1.54, 1.807) is 5.56 Å². The van der Waals surface area contributed by atoms with Crippen molar-refractivity contribution in [2.24, 2.45) is 17.8 Å². The maximum Gasteiger partial charge on any atom is 0.00683 e. The van der Waals surface area contributed by atoms with Crippen molar-refractivity contribution in [1.82, 2.24) is 5.32 Å². The maximum atomic E-state index is 3.79. The molecule has 1 aromatic rings. The lowest BCUT2D eigenvalue weighted by atomic mass is 9.71. The highest BCUT2D eigenvalue weighted by atomic mass is 14.9. The summed E-state index contributed by atoms with van der Waals surface area (Å²) < 4.78 is 0. The van der Waals surface area contributed by atoms with Gasteiger partial charge in [-0.1, -0.05) is 49.6 Å². The number of nitrogens with one attached hydrogen (secondary N) is 1. The summed E-state index contributed by atoms with van der Waals surface area (Å²) in [6.07, 6.45) is 9.82. The predicted molar refractivity (Wildman–Crippen MR) is 90.5 cm³/mol. The molecule has 21 heavy (non-hydrogen) atoms. The number of hydrogen-bond donors (Lipinski definition) is 1. The normalized spacial score (nSPS) is 29.5. The van der Waals surface area contributed by atoms with Gasteiger partial charge in [0.2, 0.25) is 0 Å². The van der Waals surface area contributed by atoms with E-state index in [2.05, 4.69) is 43.4 Å². The number of benzene rings is 1. The van der Waals surface area contributed by atoms with Crippen LogP contribution in [-0.2, 0) is 6.42 Å². The van der Waals surface area contributed by atoms with E-state index in [1.165, 1.54) is 57.1 Å². The van der Waals surface area contributed by atoms with Crippen LogP contribution in [0.2, 0.25) is 0 Å². The number of aryl methyl sites for hydroxylation is 1. The molecule has 0 aromatic heterocycles. The van der Waals surface area contributed by atoms with E-state index >= 15 is 0 Å². The first kappa shape index (κ1) is 15.1. The first-order valence-corrected chi connectivity index (χ1v) is 9.03.